The zero-order chi connectivity index (χ0) is 16.1. The molecule has 6 nitrogen and oxygen atoms in total. The minimum Gasteiger partial charge on any atom is -0.380 e. The van der Waals surface area contributed by atoms with Crippen molar-refractivity contribution in [3.63, 3.8) is 0 Å². The number of hydrogen-bond acceptors (Lipinski definition) is 4. The summed E-state index contributed by atoms with van der Waals surface area (Å²) < 4.78 is 7.60. The molecule has 0 saturated carbocycles. The summed E-state index contributed by atoms with van der Waals surface area (Å²) in [6, 6.07) is 5.80. The van der Waals surface area contributed by atoms with Crippen molar-refractivity contribution in [2.75, 3.05) is 13.2 Å². The first-order valence-corrected chi connectivity index (χ1v) is 7.59. The molecule has 0 bridgehead atoms. The highest BCUT2D eigenvalue weighted by atomic mass is 16.5. The van der Waals surface area contributed by atoms with Crippen LogP contribution in [0.5, 0.6) is 0 Å². The molecule has 1 aromatic carbocycles. The molecule has 2 rings (SSSR count). The second kappa shape index (κ2) is 7.38. The molecule has 3 N–H and O–H groups in total. The molecule has 1 amide bonds. The van der Waals surface area contributed by atoms with E-state index in [9.17, 15) is 4.79 Å². The van der Waals surface area contributed by atoms with Crippen LogP contribution in [0.4, 0.5) is 0 Å². The molecule has 0 aliphatic carbocycles. The molecular weight excluding hydrogens is 280 g/mol. The molecule has 0 saturated heterocycles. The van der Waals surface area contributed by atoms with Gasteiger partial charge in [0.1, 0.15) is 5.82 Å². The largest absolute Gasteiger partial charge is 0.380 e. The van der Waals surface area contributed by atoms with Crippen LogP contribution in [0.1, 0.15) is 25.2 Å². The zero-order valence-corrected chi connectivity index (χ0v) is 13.4. The van der Waals surface area contributed by atoms with Gasteiger partial charge in [0.15, 0.2) is 0 Å². The van der Waals surface area contributed by atoms with Gasteiger partial charge in [0.05, 0.1) is 30.2 Å². The van der Waals surface area contributed by atoms with Gasteiger partial charge in [-0.05, 0) is 38.5 Å². The monoisotopic (exact) mass is 304 g/mol. The number of nitrogens with two attached hydrogens (primary N) is 1. The molecule has 120 valence electrons. The number of carbonyl (C=O) groups is 1. The highest BCUT2D eigenvalue weighted by Gasteiger charge is 2.13. The topological polar surface area (TPSA) is 82.2 Å². The van der Waals surface area contributed by atoms with E-state index >= 15 is 0 Å². The van der Waals surface area contributed by atoms with Gasteiger partial charge in [-0.15, -0.1) is 0 Å². The van der Waals surface area contributed by atoms with E-state index in [2.05, 4.69) is 27.9 Å². The van der Waals surface area contributed by atoms with Gasteiger partial charge >= 0.3 is 0 Å². The normalized spacial score (nSPS) is 12.7. The molecular formula is C16H24N4O2. The maximum Gasteiger partial charge on any atom is 0.234 e. The first-order valence-electron chi connectivity index (χ1n) is 7.59. The Balaban J connectivity index is 2.26. The van der Waals surface area contributed by atoms with Crippen LogP contribution in [0.15, 0.2) is 18.2 Å². The molecule has 0 radical (unpaired) electrons. The van der Waals surface area contributed by atoms with Crippen molar-refractivity contribution in [1.29, 1.82) is 0 Å². The fourth-order valence-electron chi connectivity index (χ4n) is 2.31. The molecule has 0 aliphatic heterocycles. The first-order chi connectivity index (χ1) is 10.5. The van der Waals surface area contributed by atoms with E-state index in [1.807, 2.05) is 19.1 Å². The number of benzene rings is 1. The van der Waals surface area contributed by atoms with Crippen LogP contribution >= 0.6 is 0 Å². The van der Waals surface area contributed by atoms with E-state index in [-0.39, 0.29) is 11.9 Å². The second-order valence-corrected chi connectivity index (χ2v) is 5.37. The lowest BCUT2D eigenvalue weighted by Gasteiger charge is -2.12. The third kappa shape index (κ3) is 3.84. The zero-order valence-electron chi connectivity index (χ0n) is 13.4. The summed E-state index contributed by atoms with van der Waals surface area (Å²) in [6.07, 6.45) is 0. The number of imidazole rings is 1. The van der Waals surface area contributed by atoms with Crippen LogP contribution in [0, 0.1) is 6.92 Å². The fourth-order valence-corrected chi connectivity index (χ4v) is 2.31. The first kappa shape index (κ1) is 16.5. The summed E-state index contributed by atoms with van der Waals surface area (Å²) in [5, 5.41) is 3.11. The highest BCUT2D eigenvalue weighted by Crippen LogP contribution is 2.18. The van der Waals surface area contributed by atoms with Crippen LogP contribution < -0.4 is 11.1 Å². The minimum absolute atomic E-state index is 0.368. The smallest absolute Gasteiger partial charge is 0.234 e. The fraction of sp³-hybridized carbons (Fsp3) is 0.500. The van der Waals surface area contributed by atoms with E-state index in [0.29, 0.717) is 19.8 Å². The third-order valence-corrected chi connectivity index (χ3v) is 3.64. The minimum atomic E-state index is -0.387. The lowest BCUT2D eigenvalue weighted by atomic mass is 10.2. The summed E-state index contributed by atoms with van der Waals surface area (Å²) in [4.78, 5) is 15.8. The van der Waals surface area contributed by atoms with Crippen LogP contribution in [0.25, 0.3) is 11.0 Å². The molecule has 1 aromatic heterocycles. The van der Waals surface area contributed by atoms with Crippen molar-refractivity contribution in [2.45, 2.75) is 39.9 Å². The molecule has 1 atom stereocenters. The second-order valence-electron chi connectivity index (χ2n) is 5.37. The van der Waals surface area contributed by atoms with Crippen molar-refractivity contribution in [3.05, 3.63) is 29.6 Å². The SMILES string of the molecule is CCOCCn1c(CN[C@@H](C)C(N)=O)nc2ccc(C)cc21. The number of primary amides is 1. The molecule has 6 heteroatoms. The Hall–Kier alpha value is -1.92. The molecule has 2 aromatic rings. The number of ether oxygens (including phenoxy) is 1. The molecule has 0 aliphatic rings. The van der Waals surface area contributed by atoms with Crippen LogP contribution in [0.2, 0.25) is 0 Å². The van der Waals surface area contributed by atoms with Gasteiger partial charge < -0.3 is 15.0 Å². The number of amides is 1. The number of aromatic nitrogens is 2. The Bertz CT molecular complexity index is 651. The molecule has 22 heavy (non-hydrogen) atoms. The average molecular weight is 304 g/mol. The molecule has 0 unspecified atom stereocenters. The van der Waals surface area contributed by atoms with Gasteiger partial charge in [-0.2, -0.15) is 0 Å². The van der Waals surface area contributed by atoms with Gasteiger partial charge in [0, 0.05) is 13.2 Å². The lowest BCUT2D eigenvalue weighted by Crippen LogP contribution is -2.38. The summed E-state index contributed by atoms with van der Waals surface area (Å²) in [5.41, 5.74) is 8.51. The predicted octanol–water partition coefficient (Wildman–Crippen LogP) is 1.34. The summed E-state index contributed by atoms with van der Waals surface area (Å²) in [5.74, 6) is 0.515. The Morgan fingerprint density at radius 1 is 1.50 bits per heavy atom. The average Bonchev–Trinajstić information content (AvgIpc) is 2.82. The molecule has 1 heterocycles. The summed E-state index contributed by atoms with van der Waals surface area (Å²) >= 11 is 0. The van der Waals surface area contributed by atoms with Crippen molar-refractivity contribution >= 4 is 16.9 Å². The number of nitrogens with zero attached hydrogens (tertiary/aromatic N) is 2. The van der Waals surface area contributed by atoms with Gasteiger partial charge in [0.2, 0.25) is 5.91 Å². The van der Waals surface area contributed by atoms with Crippen molar-refractivity contribution in [1.82, 2.24) is 14.9 Å². The quantitative estimate of drug-likeness (QED) is 0.721. The maximum absolute atomic E-state index is 11.1. The predicted molar refractivity (Wildman–Crippen MR) is 86.5 cm³/mol. The van der Waals surface area contributed by atoms with E-state index in [1.165, 1.54) is 5.56 Å². The Morgan fingerprint density at radius 2 is 2.27 bits per heavy atom. The van der Waals surface area contributed by atoms with Gasteiger partial charge in [0.25, 0.3) is 0 Å². The number of rotatable bonds is 8. The lowest BCUT2D eigenvalue weighted by molar-refractivity contribution is -0.119. The summed E-state index contributed by atoms with van der Waals surface area (Å²) in [6.45, 7) is 8.34. The Labute approximate surface area is 130 Å². The number of aryl methyl sites for hydroxylation is 1. The van der Waals surface area contributed by atoms with Gasteiger partial charge in [-0.1, -0.05) is 6.07 Å². The van der Waals surface area contributed by atoms with Crippen molar-refractivity contribution < 1.29 is 9.53 Å². The van der Waals surface area contributed by atoms with E-state index in [0.717, 1.165) is 23.4 Å². The van der Waals surface area contributed by atoms with Crippen LogP contribution in [-0.2, 0) is 22.6 Å². The molecule has 0 spiro atoms. The third-order valence-electron chi connectivity index (χ3n) is 3.64. The standard InChI is InChI=1S/C16H24N4O2/c1-4-22-8-7-20-14-9-11(2)5-6-13(14)19-15(20)10-18-12(3)16(17)21/h5-6,9,12,18H,4,7-8,10H2,1-3H3,(H2,17,21)/t12-/m0/s1. The van der Waals surface area contributed by atoms with Crippen LogP contribution in [0.3, 0.4) is 0 Å². The molecule has 0 fully saturated rings. The Kier molecular flexibility index (Phi) is 5.51. The highest BCUT2D eigenvalue weighted by molar-refractivity contribution is 5.79. The van der Waals surface area contributed by atoms with Crippen molar-refractivity contribution in [2.24, 2.45) is 5.73 Å². The summed E-state index contributed by atoms with van der Waals surface area (Å²) in [7, 11) is 0. The Morgan fingerprint density at radius 3 is 2.95 bits per heavy atom. The number of fused-ring (bicyclic) bond motifs is 1. The number of carbonyl (C=O) groups excluding carboxylic acids is 1. The number of nitrogens with one attached hydrogen (secondary N) is 1. The van der Waals surface area contributed by atoms with Crippen LogP contribution in [-0.4, -0.2) is 34.7 Å². The van der Waals surface area contributed by atoms with E-state index < -0.39 is 0 Å². The van der Waals surface area contributed by atoms with E-state index in [4.69, 9.17) is 10.5 Å². The van der Waals surface area contributed by atoms with Gasteiger partial charge in [-0.3, -0.25) is 10.1 Å². The van der Waals surface area contributed by atoms with Gasteiger partial charge in [-0.25, -0.2) is 4.98 Å². The van der Waals surface area contributed by atoms with E-state index in [1.54, 1.807) is 6.92 Å². The maximum atomic E-state index is 11.1. The number of hydrogen-bond donors (Lipinski definition) is 2. The van der Waals surface area contributed by atoms with Crippen molar-refractivity contribution in [3.8, 4) is 0 Å².